The molecule has 5 nitrogen and oxygen atoms in total. The number of methoxy groups -OCH3 is 1. The molecule has 0 amide bonds. The topological polar surface area (TPSA) is 70.4 Å². The summed E-state index contributed by atoms with van der Waals surface area (Å²) in [5, 5.41) is 7.60. The average molecular weight is 254 g/mol. The molecule has 1 rings (SSSR count). The Morgan fingerprint density at radius 2 is 2.12 bits per heavy atom. The number of nitrogens with zero attached hydrogens (tertiary/aromatic N) is 2. The molecule has 0 N–H and O–H groups in total. The number of benzene rings is 1. The lowest BCUT2D eigenvalue weighted by Crippen LogP contribution is -2.33. The van der Waals surface area contributed by atoms with Gasteiger partial charge in [0.05, 0.1) is 18.9 Å². The Hall–Kier alpha value is -1.74. The lowest BCUT2D eigenvalue weighted by atomic mass is 10.3. The standard InChI is InChI=1S/C11H14N2O3S/c1-9(8-12)17(14,15)13(2)10-5-4-6-11(7-10)16-3/h4-7,9H,1-3H3. The maximum atomic E-state index is 11.9. The molecule has 0 aliphatic rings. The van der Waals surface area contributed by atoms with Gasteiger partial charge in [0, 0.05) is 13.1 Å². The summed E-state index contributed by atoms with van der Waals surface area (Å²) in [5.41, 5.74) is 0.464. The molecule has 0 aliphatic carbocycles. The summed E-state index contributed by atoms with van der Waals surface area (Å²) in [6.45, 7) is 1.35. The van der Waals surface area contributed by atoms with E-state index in [1.807, 2.05) is 0 Å². The van der Waals surface area contributed by atoms with E-state index in [0.29, 0.717) is 11.4 Å². The number of anilines is 1. The van der Waals surface area contributed by atoms with E-state index >= 15 is 0 Å². The molecule has 0 radical (unpaired) electrons. The Bertz CT molecular complexity index is 534. The molecule has 0 aliphatic heterocycles. The fourth-order valence-electron chi connectivity index (χ4n) is 1.26. The van der Waals surface area contributed by atoms with Gasteiger partial charge >= 0.3 is 0 Å². The summed E-state index contributed by atoms with van der Waals surface area (Å²) in [7, 11) is -0.730. The van der Waals surface area contributed by atoms with Crippen LogP contribution in [0.3, 0.4) is 0 Å². The molecular formula is C11H14N2O3S. The van der Waals surface area contributed by atoms with Crippen LogP contribution in [0.5, 0.6) is 5.75 Å². The third-order valence-electron chi connectivity index (χ3n) is 2.43. The highest BCUT2D eigenvalue weighted by Gasteiger charge is 2.26. The van der Waals surface area contributed by atoms with Crippen LogP contribution < -0.4 is 9.04 Å². The first-order valence-electron chi connectivity index (χ1n) is 4.95. The molecule has 17 heavy (non-hydrogen) atoms. The Balaban J connectivity index is 3.13. The second-order valence-electron chi connectivity index (χ2n) is 3.49. The van der Waals surface area contributed by atoms with Gasteiger partial charge in [0.25, 0.3) is 10.0 Å². The summed E-state index contributed by atoms with van der Waals surface area (Å²) < 4.78 is 30.0. The third kappa shape index (κ3) is 2.68. The normalized spacial score (nSPS) is 12.6. The van der Waals surface area contributed by atoms with Gasteiger partial charge in [0.15, 0.2) is 5.25 Å². The van der Waals surface area contributed by atoms with Gasteiger partial charge in [-0.25, -0.2) is 8.42 Å². The van der Waals surface area contributed by atoms with Crippen molar-refractivity contribution >= 4 is 15.7 Å². The number of nitriles is 1. The smallest absolute Gasteiger partial charge is 0.251 e. The van der Waals surface area contributed by atoms with Crippen molar-refractivity contribution in [2.75, 3.05) is 18.5 Å². The Morgan fingerprint density at radius 1 is 1.47 bits per heavy atom. The molecule has 1 aromatic carbocycles. The van der Waals surface area contributed by atoms with Crippen LogP contribution in [0.2, 0.25) is 0 Å². The van der Waals surface area contributed by atoms with Crippen LogP contribution in [0.4, 0.5) is 5.69 Å². The van der Waals surface area contributed by atoms with E-state index in [1.165, 1.54) is 21.1 Å². The fraction of sp³-hybridized carbons (Fsp3) is 0.364. The third-order valence-corrected chi connectivity index (χ3v) is 4.40. The van der Waals surface area contributed by atoms with Gasteiger partial charge in [-0.3, -0.25) is 4.31 Å². The van der Waals surface area contributed by atoms with Gasteiger partial charge in [-0.2, -0.15) is 5.26 Å². The van der Waals surface area contributed by atoms with Crippen molar-refractivity contribution in [3.63, 3.8) is 0 Å². The van der Waals surface area contributed by atoms with Crippen LogP contribution in [0.25, 0.3) is 0 Å². The fourth-order valence-corrected chi connectivity index (χ4v) is 2.27. The molecule has 0 saturated heterocycles. The van der Waals surface area contributed by atoms with E-state index in [9.17, 15) is 8.42 Å². The largest absolute Gasteiger partial charge is 0.497 e. The molecule has 0 fully saturated rings. The van der Waals surface area contributed by atoms with E-state index in [2.05, 4.69) is 0 Å². The SMILES string of the molecule is COc1cccc(N(C)S(=O)(=O)C(C)C#N)c1. The summed E-state index contributed by atoms with van der Waals surface area (Å²) in [6, 6.07) is 8.38. The molecule has 92 valence electrons. The highest BCUT2D eigenvalue weighted by molar-refractivity contribution is 7.93. The number of rotatable bonds is 4. The Labute approximate surface area is 101 Å². The summed E-state index contributed by atoms with van der Waals surface area (Å²) in [5.74, 6) is 0.564. The van der Waals surface area contributed by atoms with Gasteiger partial charge in [0.2, 0.25) is 0 Å². The Kier molecular flexibility index (Phi) is 3.97. The number of sulfonamides is 1. The van der Waals surface area contributed by atoms with Gasteiger partial charge in [-0.1, -0.05) is 6.07 Å². The molecule has 1 aromatic rings. The predicted molar refractivity (Wildman–Crippen MR) is 65.4 cm³/mol. The minimum Gasteiger partial charge on any atom is -0.497 e. The molecule has 6 heteroatoms. The molecule has 0 aromatic heterocycles. The Morgan fingerprint density at radius 3 is 2.65 bits per heavy atom. The maximum absolute atomic E-state index is 11.9. The van der Waals surface area contributed by atoms with E-state index in [-0.39, 0.29) is 0 Å². The molecule has 0 spiro atoms. The van der Waals surface area contributed by atoms with E-state index in [4.69, 9.17) is 10.00 Å². The van der Waals surface area contributed by atoms with Gasteiger partial charge in [-0.15, -0.1) is 0 Å². The van der Waals surface area contributed by atoms with Crippen LogP contribution in [-0.2, 0) is 10.0 Å². The van der Waals surface area contributed by atoms with E-state index < -0.39 is 15.3 Å². The van der Waals surface area contributed by atoms with E-state index in [0.717, 1.165) is 4.31 Å². The van der Waals surface area contributed by atoms with Crippen molar-refractivity contribution in [3.05, 3.63) is 24.3 Å². The summed E-state index contributed by atoms with van der Waals surface area (Å²) in [6.07, 6.45) is 0. The number of hydrogen-bond donors (Lipinski definition) is 0. The quantitative estimate of drug-likeness (QED) is 0.813. The lowest BCUT2D eigenvalue weighted by Gasteiger charge is -2.21. The van der Waals surface area contributed by atoms with Crippen molar-refractivity contribution in [3.8, 4) is 11.8 Å². The van der Waals surface area contributed by atoms with Crippen molar-refractivity contribution < 1.29 is 13.2 Å². The van der Waals surface area contributed by atoms with Crippen molar-refractivity contribution in [2.24, 2.45) is 0 Å². The van der Waals surface area contributed by atoms with Crippen molar-refractivity contribution in [1.82, 2.24) is 0 Å². The first kappa shape index (κ1) is 13.3. The monoisotopic (exact) mass is 254 g/mol. The average Bonchev–Trinajstić information content (AvgIpc) is 2.36. The molecule has 0 bridgehead atoms. The molecular weight excluding hydrogens is 240 g/mol. The second kappa shape index (κ2) is 5.06. The highest BCUT2D eigenvalue weighted by Crippen LogP contribution is 2.23. The first-order chi connectivity index (χ1) is 7.93. The highest BCUT2D eigenvalue weighted by atomic mass is 32.2. The molecule has 1 unspecified atom stereocenters. The van der Waals surface area contributed by atoms with Crippen LogP contribution in [-0.4, -0.2) is 27.8 Å². The molecule has 0 saturated carbocycles. The number of ether oxygens (including phenoxy) is 1. The molecule has 1 atom stereocenters. The minimum absolute atomic E-state index is 0.464. The molecule has 0 heterocycles. The maximum Gasteiger partial charge on any atom is 0.251 e. The van der Waals surface area contributed by atoms with Gasteiger partial charge < -0.3 is 4.74 Å². The predicted octanol–water partition coefficient (Wildman–Crippen LogP) is 1.37. The van der Waals surface area contributed by atoms with Crippen molar-refractivity contribution in [1.29, 1.82) is 5.26 Å². The van der Waals surface area contributed by atoms with Crippen LogP contribution in [0, 0.1) is 11.3 Å². The zero-order valence-corrected chi connectivity index (χ0v) is 10.7. The number of hydrogen-bond acceptors (Lipinski definition) is 4. The second-order valence-corrected chi connectivity index (χ2v) is 5.77. The van der Waals surface area contributed by atoms with Crippen molar-refractivity contribution in [2.45, 2.75) is 12.2 Å². The zero-order chi connectivity index (χ0) is 13.1. The van der Waals surface area contributed by atoms with Gasteiger partial charge in [0.1, 0.15) is 5.75 Å². The van der Waals surface area contributed by atoms with E-state index in [1.54, 1.807) is 30.3 Å². The summed E-state index contributed by atoms with van der Waals surface area (Å²) in [4.78, 5) is 0. The lowest BCUT2D eigenvalue weighted by molar-refractivity contribution is 0.415. The van der Waals surface area contributed by atoms with Gasteiger partial charge in [-0.05, 0) is 19.1 Å². The minimum atomic E-state index is -3.65. The van der Waals surface area contributed by atoms with Crippen LogP contribution in [0.1, 0.15) is 6.92 Å². The van der Waals surface area contributed by atoms with Crippen LogP contribution >= 0.6 is 0 Å². The van der Waals surface area contributed by atoms with Crippen LogP contribution in [0.15, 0.2) is 24.3 Å². The first-order valence-corrected chi connectivity index (χ1v) is 6.45. The summed E-state index contributed by atoms with van der Waals surface area (Å²) >= 11 is 0. The zero-order valence-electron chi connectivity index (χ0n) is 9.91.